The molecule has 0 bridgehead atoms. The molecule has 2 aromatic rings. The molecule has 0 amide bonds. The van der Waals surface area contributed by atoms with Crippen molar-refractivity contribution in [2.24, 2.45) is 5.92 Å². The van der Waals surface area contributed by atoms with Crippen molar-refractivity contribution < 1.29 is 0 Å². The molecule has 0 aliphatic heterocycles. The zero-order chi connectivity index (χ0) is 13.9. The lowest BCUT2D eigenvalue weighted by molar-refractivity contribution is 0.489. The minimum atomic E-state index is 0.601. The second-order valence-corrected chi connectivity index (χ2v) is 5.61. The average Bonchev–Trinajstić information content (AvgIpc) is 3.12. The zero-order valence-corrected chi connectivity index (χ0v) is 12.1. The number of rotatable bonds is 4. The Balaban J connectivity index is 1.82. The van der Waals surface area contributed by atoms with Crippen LogP contribution in [0, 0.1) is 12.8 Å². The monoisotopic (exact) mass is 271 g/mol. The largest absolute Gasteiger partial charge is 0.382 e. The van der Waals surface area contributed by atoms with Crippen LogP contribution in [0.3, 0.4) is 0 Å². The van der Waals surface area contributed by atoms with Gasteiger partial charge in [0.25, 0.3) is 0 Å². The van der Waals surface area contributed by atoms with Crippen molar-refractivity contribution >= 4 is 5.69 Å². The predicted molar refractivity (Wildman–Crippen MR) is 78.9 cm³/mol. The molecule has 0 spiro atoms. The molecule has 1 fully saturated rings. The molecular formula is C15H21N5. The lowest BCUT2D eigenvalue weighted by atomic mass is 10.0. The number of benzene rings is 1. The summed E-state index contributed by atoms with van der Waals surface area (Å²) in [4.78, 5) is 0. The number of nitrogens with zero attached hydrogens (tertiary/aromatic N) is 4. The van der Waals surface area contributed by atoms with Crippen molar-refractivity contribution in [3.63, 3.8) is 0 Å². The maximum atomic E-state index is 3.98. The van der Waals surface area contributed by atoms with Crippen molar-refractivity contribution in [2.45, 2.75) is 45.6 Å². The second-order valence-electron chi connectivity index (χ2n) is 5.61. The molecule has 2 unspecified atom stereocenters. The summed E-state index contributed by atoms with van der Waals surface area (Å²) >= 11 is 0. The number of hydrogen-bond donors (Lipinski definition) is 1. The first kappa shape index (κ1) is 13.1. The van der Waals surface area contributed by atoms with Gasteiger partial charge in [-0.2, -0.15) is 0 Å². The molecule has 20 heavy (non-hydrogen) atoms. The van der Waals surface area contributed by atoms with Crippen LogP contribution in [0.5, 0.6) is 0 Å². The van der Waals surface area contributed by atoms with Gasteiger partial charge in [0, 0.05) is 11.7 Å². The first-order valence-electron chi connectivity index (χ1n) is 7.38. The van der Waals surface area contributed by atoms with E-state index < -0.39 is 0 Å². The number of aromatic nitrogens is 4. The molecule has 3 rings (SSSR count). The van der Waals surface area contributed by atoms with Crippen LogP contribution in [0.1, 0.15) is 38.2 Å². The Bertz CT molecular complexity index is 564. The van der Waals surface area contributed by atoms with Crippen LogP contribution in [-0.4, -0.2) is 26.2 Å². The highest BCUT2D eigenvalue weighted by Gasteiger charge is 2.25. The molecule has 1 heterocycles. The zero-order valence-electron chi connectivity index (χ0n) is 12.1. The van der Waals surface area contributed by atoms with E-state index in [9.17, 15) is 0 Å². The Hall–Kier alpha value is -1.91. The van der Waals surface area contributed by atoms with Gasteiger partial charge in [0.15, 0.2) is 0 Å². The van der Waals surface area contributed by atoms with E-state index in [0.29, 0.717) is 6.04 Å². The summed E-state index contributed by atoms with van der Waals surface area (Å²) < 4.78 is 1.71. The molecule has 1 aliphatic carbocycles. The molecule has 106 valence electrons. The maximum Gasteiger partial charge on any atom is 0.143 e. The molecule has 2 atom stereocenters. The van der Waals surface area contributed by atoms with Gasteiger partial charge < -0.3 is 5.32 Å². The second kappa shape index (κ2) is 5.61. The molecule has 1 aromatic heterocycles. The summed E-state index contributed by atoms with van der Waals surface area (Å²) in [7, 11) is 0. The average molecular weight is 271 g/mol. The molecule has 1 aliphatic rings. The van der Waals surface area contributed by atoms with Gasteiger partial charge in [-0.15, -0.1) is 5.10 Å². The molecular weight excluding hydrogens is 250 g/mol. The predicted octanol–water partition coefficient (Wildman–Crippen LogP) is 2.96. The van der Waals surface area contributed by atoms with E-state index >= 15 is 0 Å². The summed E-state index contributed by atoms with van der Waals surface area (Å²) in [6.45, 7) is 4.36. The van der Waals surface area contributed by atoms with Gasteiger partial charge in [-0.05, 0) is 53.8 Å². The van der Waals surface area contributed by atoms with Crippen molar-refractivity contribution in [3.05, 3.63) is 30.1 Å². The summed E-state index contributed by atoms with van der Waals surface area (Å²) in [5, 5.41) is 15.1. The van der Waals surface area contributed by atoms with E-state index in [4.69, 9.17) is 0 Å². The summed E-state index contributed by atoms with van der Waals surface area (Å²) in [5.41, 5.74) is 3.36. The van der Waals surface area contributed by atoms with Crippen LogP contribution < -0.4 is 5.32 Å². The number of aryl methyl sites for hydroxylation is 1. The Kier molecular flexibility index (Phi) is 3.67. The van der Waals surface area contributed by atoms with E-state index in [0.717, 1.165) is 17.3 Å². The lowest BCUT2D eigenvalue weighted by Gasteiger charge is -2.21. The molecule has 0 saturated heterocycles. The van der Waals surface area contributed by atoms with Crippen LogP contribution in [-0.2, 0) is 0 Å². The van der Waals surface area contributed by atoms with Crippen LogP contribution >= 0.6 is 0 Å². The van der Waals surface area contributed by atoms with Gasteiger partial charge >= 0.3 is 0 Å². The lowest BCUT2D eigenvalue weighted by Crippen LogP contribution is -2.23. The van der Waals surface area contributed by atoms with Crippen LogP contribution in [0.4, 0.5) is 5.69 Å². The topological polar surface area (TPSA) is 55.6 Å². The third-order valence-corrected chi connectivity index (χ3v) is 4.34. The SMILES string of the molecule is CCC1CCCC1Nc1ccc(C)c(-n2cnnn2)c1. The highest BCUT2D eigenvalue weighted by atomic mass is 15.5. The highest BCUT2D eigenvalue weighted by molar-refractivity contribution is 5.55. The molecule has 1 aromatic carbocycles. The number of hydrogen-bond acceptors (Lipinski definition) is 4. The third-order valence-electron chi connectivity index (χ3n) is 4.34. The number of anilines is 1. The van der Waals surface area contributed by atoms with E-state index in [1.807, 2.05) is 0 Å². The van der Waals surface area contributed by atoms with Crippen molar-refractivity contribution in [3.8, 4) is 5.69 Å². The van der Waals surface area contributed by atoms with Gasteiger partial charge in [0.2, 0.25) is 0 Å². The molecule has 1 N–H and O–H groups in total. The van der Waals surface area contributed by atoms with Crippen molar-refractivity contribution in [1.82, 2.24) is 20.2 Å². The fourth-order valence-corrected chi connectivity index (χ4v) is 3.15. The van der Waals surface area contributed by atoms with E-state index in [-0.39, 0.29) is 0 Å². The molecule has 0 radical (unpaired) electrons. The minimum absolute atomic E-state index is 0.601. The van der Waals surface area contributed by atoms with Gasteiger partial charge in [0.1, 0.15) is 6.33 Å². The summed E-state index contributed by atoms with van der Waals surface area (Å²) in [5.74, 6) is 0.799. The van der Waals surface area contributed by atoms with E-state index in [1.165, 1.54) is 31.2 Å². The van der Waals surface area contributed by atoms with Crippen LogP contribution in [0.2, 0.25) is 0 Å². The van der Waals surface area contributed by atoms with Gasteiger partial charge in [-0.3, -0.25) is 0 Å². The summed E-state index contributed by atoms with van der Waals surface area (Å²) in [6.07, 6.45) is 6.84. The molecule has 5 heteroatoms. The molecule has 5 nitrogen and oxygen atoms in total. The summed E-state index contributed by atoms with van der Waals surface area (Å²) in [6, 6.07) is 7.00. The quantitative estimate of drug-likeness (QED) is 0.929. The van der Waals surface area contributed by atoms with Crippen LogP contribution in [0.25, 0.3) is 5.69 Å². The van der Waals surface area contributed by atoms with Gasteiger partial charge in [0.05, 0.1) is 5.69 Å². The van der Waals surface area contributed by atoms with Crippen LogP contribution in [0.15, 0.2) is 24.5 Å². The first-order chi connectivity index (χ1) is 9.78. The Labute approximate surface area is 119 Å². The minimum Gasteiger partial charge on any atom is -0.382 e. The fraction of sp³-hybridized carbons (Fsp3) is 0.533. The Morgan fingerprint density at radius 2 is 2.25 bits per heavy atom. The highest BCUT2D eigenvalue weighted by Crippen LogP contribution is 2.31. The fourth-order valence-electron chi connectivity index (χ4n) is 3.15. The van der Waals surface area contributed by atoms with Gasteiger partial charge in [-0.1, -0.05) is 25.8 Å². The van der Waals surface area contributed by atoms with Crippen molar-refractivity contribution in [2.75, 3.05) is 5.32 Å². The number of nitrogens with one attached hydrogen (secondary N) is 1. The normalized spacial score (nSPS) is 22.1. The van der Waals surface area contributed by atoms with E-state index in [1.54, 1.807) is 11.0 Å². The van der Waals surface area contributed by atoms with E-state index in [2.05, 4.69) is 52.9 Å². The maximum absolute atomic E-state index is 3.98. The molecule has 1 saturated carbocycles. The standard InChI is InChI=1S/C15H21N5/c1-3-12-5-4-6-14(12)17-13-8-7-11(2)15(9-13)20-10-16-18-19-20/h7-10,12,14,17H,3-6H2,1-2H3. The smallest absolute Gasteiger partial charge is 0.143 e. The number of tetrazole rings is 1. The third kappa shape index (κ3) is 2.53. The van der Waals surface area contributed by atoms with Gasteiger partial charge in [-0.25, -0.2) is 4.68 Å². The Morgan fingerprint density at radius 1 is 1.35 bits per heavy atom. The van der Waals surface area contributed by atoms with Crippen molar-refractivity contribution in [1.29, 1.82) is 0 Å². The first-order valence-corrected chi connectivity index (χ1v) is 7.38. The Morgan fingerprint density at radius 3 is 3.00 bits per heavy atom.